The third kappa shape index (κ3) is 6.58. The molecule has 3 aromatic carbocycles. The van der Waals surface area contributed by atoms with E-state index in [1.807, 2.05) is 20.8 Å². The fourth-order valence-corrected chi connectivity index (χ4v) is 4.19. The maximum atomic E-state index is 13.0. The highest BCUT2D eigenvalue weighted by atomic mass is 32.2. The number of carboxylic acids is 1. The molecule has 0 aliphatic heterocycles. The molecule has 0 atom stereocenters. The third-order valence-corrected chi connectivity index (χ3v) is 6.10. The summed E-state index contributed by atoms with van der Waals surface area (Å²) >= 11 is 0. The molecule has 0 spiro atoms. The highest BCUT2D eigenvalue weighted by Crippen LogP contribution is 2.33. The van der Waals surface area contributed by atoms with Crippen LogP contribution in [0.2, 0.25) is 0 Å². The topological polar surface area (TPSA) is 122 Å². The van der Waals surface area contributed by atoms with Gasteiger partial charge in [0.15, 0.2) is 5.75 Å². The molecule has 0 radical (unpaired) electrons. The molecule has 0 aliphatic carbocycles. The van der Waals surface area contributed by atoms with Crippen molar-refractivity contribution in [1.29, 1.82) is 0 Å². The second kappa shape index (κ2) is 10.4. The van der Waals surface area contributed by atoms with Gasteiger partial charge in [-0.15, -0.1) is 0 Å². The summed E-state index contributed by atoms with van der Waals surface area (Å²) in [5, 5.41) is 11.8. The van der Waals surface area contributed by atoms with Gasteiger partial charge in [-0.05, 0) is 68.8 Å². The van der Waals surface area contributed by atoms with Crippen LogP contribution in [0, 0.1) is 6.92 Å². The summed E-state index contributed by atoms with van der Waals surface area (Å²) in [6.07, 6.45) is -0.182. The minimum atomic E-state index is -3.97. The second-order valence-electron chi connectivity index (χ2n) is 8.08. The zero-order valence-electron chi connectivity index (χ0n) is 19.0. The molecule has 0 saturated heterocycles. The lowest BCUT2D eigenvalue weighted by molar-refractivity contribution is -0.136. The summed E-state index contributed by atoms with van der Waals surface area (Å²) in [5.74, 6) is -0.858. The molecule has 3 rings (SSSR count). The van der Waals surface area contributed by atoms with Crippen molar-refractivity contribution in [2.45, 2.75) is 38.1 Å². The van der Waals surface area contributed by atoms with Crippen molar-refractivity contribution in [3.63, 3.8) is 0 Å². The zero-order chi connectivity index (χ0) is 24.9. The Hall–Kier alpha value is -3.85. The van der Waals surface area contributed by atoms with E-state index in [0.29, 0.717) is 11.3 Å². The Morgan fingerprint density at radius 1 is 1.00 bits per heavy atom. The number of amides is 1. The minimum absolute atomic E-state index is 0.0598. The summed E-state index contributed by atoms with van der Waals surface area (Å²) in [6, 6.07) is 17.2. The summed E-state index contributed by atoms with van der Waals surface area (Å²) in [4.78, 5) is 23.6. The number of rotatable bonds is 9. The molecular weight excluding hydrogens is 456 g/mol. The number of hydrogen-bond acceptors (Lipinski definition) is 5. The fourth-order valence-electron chi connectivity index (χ4n) is 3.13. The van der Waals surface area contributed by atoms with Crippen molar-refractivity contribution in [1.82, 2.24) is 5.32 Å². The van der Waals surface area contributed by atoms with E-state index >= 15 is 0 Å². The molecule has 1 amide bonds. The van der Waals surface area contributed by atoms with Crippen molar-refractivity contribution >= 4 is 27.6 Å². The number of anilines is 1. The number of carboxylic acid groups (broad SMARTS) is 1. The largest absolute Gasteiger partial charge is 0.481 e. The van der Waals surface area contributed by atoms with Crippen molar-refractivity contribution in [3.8, 4) is 11.5 Å². The molecule has 8 nitrogen and oxygen atoms in total. The molecular formula is C25H26N2O6S. The first-order valence-electron chi connectivity index (χ1n) is 10.6. The van der Waals surface area contributed by atoms with Crippen LogP contribution in [-0.2, 0) is 21.2 Å². The summed E-state index contributed by atoms with van der Waals surface area (Å²) < 4.78 is 34.4. The normalized spacial score (nSPS) is 11.2. The van der Waals surface area contributed by atoms with Crippen LogP contribution in [0.5, 0.6) is 11.5 Å². The quantitative estimate of drug-likeness (QED) is 0.417. The molecule has 178 valence electrons. The average molecular weight is 483 g/mol. The van der Waals surface area contributed by atoms with E-state index in [2.05, 4.69) is 10.0 Å². The van der Waals surface area contributed by atoms with Crippen LogP contribution in [0.15, 0.2) is 71.6 Å². The first-order valence-corrected chi connectivity index (χ1v) is 12.0. The van der Waals surface area contributed by atoms with Crippen molar-refractivity contribution < 1.29 is 27.9 Å². The third-order valence-electron chi connectivity index (χ3n) is 4.72. The number of hydrogen-bond donors (Lipinski definition) is 3. The van der Waals surface area contributed by atoms with Gasteiger partial charge in [0.1, 0.15) is 5.75 Å². The zero-order valence-corrected chi connectivity index (χ0v) is 19.8. The second-order valence-corrected chi connectivity index (χ2v) is 9.76. The van der Waals surface area contributed by atoms with Crippen LogP contribution in [0.3, 0.4) is 0 Å². The van der Waals surface area contributed by atoms with Gasteiger partial charge in [-0.2, -0.15) is 0 Å². The Labute approximate surface area is 198 Å². The Balaban J connectivity index is 1.99. The molecule has 34 heavy (non-hydrogen) atoms. The number of aryl methyl sites for hydroxylation is 1. The molecule has 3 aromatic rings. The van der Waals surface area contributed by atoms with Gasteiger partial charge >= 0.3 is 5.97 Å². The van der Waals surface area contributed by atoms with Crippen LogP contribution >= 0.6 is 0 Å². The summed E-state index contributed by atoms with van der Waals surface area (Å²) in [5.41, 5.74) is 1.76. The van der Waals surface area contributed by atoms with Crippen LogP contribution in [-0.4, -0.2) is 31.4 Å². The Morgan fingerprint density at radius 2 is 1.71 bits per heavy atom. The highest BCUT2D eigenvalue weighted by Gasteiger charge is 2.19. The predicted molar refractivity (Wildman–Crippen MR) is 129 cm³/mol. The molecule has 0 aliphatic rings. The number of sulfonamides is 1. The Bertz CT molecular complexity index is 1300. The van der Waals surface area contributed by atoms with E-state index in [4.69, 9.17) is 9.84 Å². The maximum absolute atomic E-state index is 13.0. The van der Waals surface area contributed by atoms with Crippen LogP contribution in [0.1, 0.15) is 35.3 Å². The van der Waals surface area contributed by atoms with E-state index in [-0.39, 0.29) is 40.3 Å². The molecule has 9 heteroatoms. The van der Waals surface area contributed by atoms with E-state index in [1.54, 1.807) is 36.4 Å². The first-order chi connectivity index (χ1) is 16.0. The number of benzene rings is 3. The molecule has 0 saturated carbocycles. The van der Waals surface area contributed by atoms with Gasteiger partial charge in [0.05, 0.1) is 17.0 Å². The van der Waals surface area contributed by atoms with Gasteiger partial charge in [0, 0.05) is 11.6 Å². The number of ether oxygens (including phenoxy) is 1. The van der Waals surface area contributed by atoms with Gasteiger partial charge in [-0.3, -0.25) is 14.3 Å². The van der Waals surface area contributed by atoms with Crippen molar-refractivity contribution in [2.75, 3.05) is 4.72 Å². The summed E-state index contributed by atoms with van der Waals surface area (Å²) in [6.45, 7) is 5.49. The Morgan fingerprint density at radius 3 is 2.35 bits per heavy atom. The molecule has 0 heterocycles. The van der Waals surface area contributed by atoms with Gasteiger partial charge in [-0.1, -0.05) is 29.8 Å². The van der Waals surface area contributed by atoms with E-state index < -0.39 is 16.0 Å². The lowest BCUT2D eigenvalue weighted by Gasteiger charge is -2.16. The lowest BCUT2D eigenvalue weighted by Crippen LogP contribution is -2.30. The molecule has 0 bridgehead atoms. The van der Waals surface area contributed by atoms with E-state index in [1.165, 1.54) is 30.3 Å². The minimum Gasteiger partial charge on any atom is -0.481 e. The Kier molecular flexibility index (Phi) is 7.57. The molecule has 0 unspecified atom stereocenters. The summed E-state index contributed by atoms with van der Waals surface area (Å²) in [7, 11) is -3.97. The number of aliphatic carboxylic acids is 1. The molecule has 3 N–H and O–H groups in total. The maximum Gasteiger partial charge on any atom is 0.307 e. The standard InChI is InChI=1S/C25H26N2O6S/c1-16(2)26-25(30)19-9-12-23(33-20-6-4-5-18(13-20)14-24(28)29)22(15-19)27-34(31,32)21-10-7-17(3)8-11-21/h4-13,15-16,27H,14H2,1-3H3,(H,26,30)(H,28,29). The van der Waals surface area contributed by atoms with Gasteiger partial charge in [0.2, 0.25) is 0 Å². The molecule has 0 aromatic heterocycles. The van der Waals surface area contributed by atoms with E-state index in [0.717, 1.165) is 5.56 Å². The number of carbonyl (C=O) groups excluding carboxylic acids is 1. The van der Waals surface area contributed by atoms with Crippen molar-refractivity contribution in [2.24, 2.45) is 0 Å². The smallest absolute Gasteiger partial charge is 0.307 e. The average Bonchev–Trinajstić information content (AvgIpc) is 2.74. The van der Waals surface area contributed by atoms with Gasteiger partial charge in [0.25, 0.3) is 15.9 Å². The molecule has 0 fully saturated rings. The van der Waals surface area contributed by atoms with Crippen LogP contribution in [0.4, 0.5) is 5.69 Å². The van der Waals surface area contributed by atoms with Crippen LogP contribution < -0.4 is 14.8 Å². The SMILES string of the molecule is Cc1ccc(S(=O)(=O)Nc2cc(C(=O)NC(C)C)ccc2Oc2cccc(CC(=O)O)c2)cc1. The monoisotopic (exact) mass is 482 g/mol. The van der Waals surface area contributed by atoms with Crippen LogP contribution in [0.25, 0.3) is 0 Å². The lowest BCUT2D eigenvalue weighted by atomic mass is 10.1. The first kappa shape index (κ1) is 24.8. The van der Waals surface area contributed by atoms with E-state index in [9.17, 15) is 18.0 Å². The fraction of sp³-hybridized carbons (Fsp3) is 0.200. The highest BCUT2D eigenvalue weighted by molar-refractivity contribution is 7.92. The predicted octanol–water partition coefficient (Wildman–Crippen LogP) is 4.35. The van der Waals surface area contributed by atoms with Gasteiger partial charge in [-0.25, -0.2) is 8.42 Å². The van der Waals surface area contributed by atoms with Crippen molar-refractivity contribution in [3.05, 3.63) is 83.4 Å². The number of nitrogens with one attached hydrogen (secondary N) is 2. The number of carbonyl (C=O) groups is 2. The van der Waals surface area contributed by atoms with Gasteiger partial charge < -0.3 is 15.2 Å².